The second-order valence-corrected chi connectivity index (χ2v) is 8.90. The van der Waals surface area contributed by atoms with Crippen molar-refractivity contribution in [1.29, 1.82) is 0 Å². The molecule has 2 N–H and O–H groups in total. The Bertz CT molecular complexity index is 752. The molecule has 0 aromatic carbocycles. The molecule has 1 aromatic rings. The Morgan fingerprint density at radius 1 is 1.57 bits per heavy atom. The van der Waals surface area contributed by atoms with Gasteiger partial charge in [-0.05, 0) is 6.92 Å². The number of carboxylic acid groups (broad SMARTS) is 1. The lowest BCUT2D eigenvalue weighted by Crippen LogP contribution is -2.51. The van der Waals surface area contributed by atoms with Crippen molar-refractivity contribution in [1.82, 2.24) is 14.3 Å². The second-order valence-electron chi connectivity index (χ2n) is 4.81. The van der Waals surface area contributed by atoms with E-state index in [4.69, 9.17) is 5.11 Å². The van der Waals surface area contributed by atoms with Crippen molar-refractivity contribution in [2.45, 2.75) is 24.4 Å². The summed E-state index contributed by atoms with van der Waals surface area (Å²) in [6, 6.07) is -1.12. The Morgan fingerprint density at radius 2 is 2.24 bits per heavy atom. The Hall–Kier alpha value is -1.46. The maximum Gasteiger partial charge on any atom is 0.305 e. The smallest absolute Gasteiger partial charge is 0.305 e. The molecule has 1 aliphatic heterocycles. The van der Waals surface area contributed by atoms with Crippen LogP contribution >= 0.6 is 0 Å². The molecule has 0 spiro atoms. The van der Waals surface area contributed by atoms with E-state index < -0.39 is 44.0 Å². The first kappa shape index (κ1) is 15.9. The molecule has 1 unspecified atom stereocenters. The summed E-state index contributed by atoms with van der Waals surface area (Å²) < 4.78 is 49.1. The fourth-order valence-corrected chi connectivity index (χ4v) is 5.53. The van der Waals surface area contributed by atoms with Crippen LogP contribution < -0.4 is 0 Å². The number of sulfone groups is 1. The van der Waals surface area contributed by atoms with Crippen LogP contribution in [0.4, 0.5) is 0 Å². The highest BCUT2D eigenvalue weighted by atomic mass is 32.2. The topological polar surface area (TPSA) is 138 Å². The van der Waals surface area contributed by atoms with Crippen molar-refractivity contribution >= 4 is 25.8 Å². The monoisotopic (exact) mass is 337 g/mol. The molecule has 2 rings (SSSR count). The number of aromatic amines is 1. The van der Waals surface area contributed by atoms with Gasteiger partial charge >= 0.3 is 5.97 Å². The van der Waals surface area contributed by atoms with E-state index in [0.717, 1.165) is 10.5 Å². The summed E-state index contributed by atoms with van der Waals surface area (Å²) in [6.07, 6.45) is 0.567. The molecule has 1 fully saturated rings. The summed E-state index contributed by atoms with van der Waals surface area (Å²) in [5.74, 6) is -1.67. The molecule has 9 nitrogen and oxygen atoms in total. The van der Waals surface area contributed by atoms with E-state index in [2.05, 4.69) is 9.97 Å². The van der Waals surface area contributed by atoms with Crippen LogP contribution in [-0.2, 0) is 24.7 Å². The van der Waals surface area contributed by atoms with Crippen LogP contribution in [-0.4, -0.2) is 66.3 Å². The molecule has 0 saturated carbocycles. The highest BCUT2D eigenvalue weighted by Gasteiger charge is 2.40. The van der Waals surface area contributed by atoms with Crippen LogP contribution in [0.5, 0.6) is 0 Å². The van der Waals surface area contributed by atoms with Crippen LogP contribution in [0, 0.1) is 6.92 Å². The number of hydrogen-bond donors (Lipinski definition) is 2. The number of aryl methyl sites for hydroxylation is 1. The van der Waals surface area contributed by atoms with E-state index in [1.807, 2.05) is 0 Å². The summed E-state index contributed by atoms with van der Waals surface area (Å²) >= 11 is 0. The van der Waals surface area contributed by atoms with Crippen molar-refractivity contribution in [2.24, 2.45) is 0 Å². The summed E-state index contributed by atoms with van der Waals surface area (Å²) in [4.78, 5) is 17.2. The maximum atomic E-state index is 12.5. The number of carboxylic acids is 1. The lowest BCUT2D eigenvalue weighted by Gasteiger charge is -2.33. The van der Waals surface area contributed by atoms with E-state index in [1.54, 1.807) is 6.92 Å². The summed E-state index contributed by atoms with van der Waals surface area (Å²) in [5, 5.41) is 8.69. The Morgan fingerprint density at radius 3 is 2.76 bits per heavy atom. The minimum atomic E-state index is -4.00. The molecule has 1 aromatic heterocycles. The number of aliphatic carboxylic acids is 1. The molecule has 1 saturated heterocycles. The van der Waals surface area contributed by atoms with Gasteiger partial charge in [-0.2, -0.15) is 4.31 Å². The van der Waals surface area contributed by atoms with Crippen LogP contribution in [0.3, 0.4) is 0 Å². The number of imidazole rings is 1. The molecule has 1 aliphatic rings. The standard InChI is InChI=1S/C10H15N3O6S2/c1-7-11-5-9(12-7)21(18,19)13-2-3-20(16,17)6-8(13)4-10(14)15/h5,8H,2-4,6H2,1H3,(H,11,12)(H,14,15). The maximum absolute atomic E-state index is 12.5. The average Bonchev–Trinajstić information content (AvgIpc) is 2.74. The normalized spacial score (nSPS) is 23.0. The van der Waals surface area contributed by atoms with Gasteiger partial charge in [0.05, 0.1) is 24.1 Å². The van der Waals surface area contributed by atoms with Gasteiger partial charge in [0.25, 0.3) is 10.0 Å². The molecular formula is C10H15N3O6S2. The quantitative estimate of drug-likeness (QED) is 0.717. The Kier molecular flexibility index (Phi) is 4.08. The number of hydrogen-bond acceptors (Lipinski definition) is 6. The molecule has 118 valence electrons. The van der Waals surface area contributed by atoms with Gasteiger partial charge in [0, 0.05) is 12.6 Å². The highest BCUT2D eigenvalue weighted by Crippen LogP contribution is 2.23. The van der Waals surface area contributed by atoms with E-state index >= 15 is 0 Å². The highest BCUT2D eigenvalue weighted by molar-refractivity contribution is 7.92. The van der Waals surface area contributed by atoms with E-state index in [0.29, 0.717) is 5.82 Å². The minimum Gasteiger partial charge on any atom is -0.481 e. The van der Waals surface area contributed by atoms with Crippen molar-refractivity contribution < 1.29 is 26.7 Å². The van der Waals surface area contributed by atoms with Crippen molar-refractivity contribution in [2.75, 3.05) is 18.1 Å². The number of sulfonamides is 1. The number of carbonyl (C=O) groups is 1. The lowest BCUT2D eigenvalue weighted by molar-refractivity contribution is -0.137. The van der Waals surface area contributed by atoms with E-state index in [1.165, 1.54) is 0 Å². The minimum absolute atomic E-state index is 0.172. The molecule has 0 bridgehead atoms. The number of aromatic nitrogens is 2. The third-order valence-electron chi connectivity index (χ3n) is 3.15. The molecule has 11 heteroatoms. The Labute approximate surface area is 122 Å². The number of H-pyrrole nitrogens is 1. The number of rotatable bonds is 4. The summed E-state index contributed by atoms with van der Waals surface area (Å²) in [6.45, 7) is 1.31. The fraction of sp³-hybridized carbons (Fsp3) is 0.600. The van der Waals surface area contributed by atoms with Gasteiger partial charge in [0.2, 0.25) is 0 Å². The Balaban J connectivity index is 2.37. The van der Waals surface area contributed by atoms with Crippen LogP contribution in [0.1, 0.15) is 12.2 Å². The first-order chi connectivity index (χ1) is 9.62. The van der Waals surface area contributed by atoms with E-state index in [-0.39, 0.29) is 17.3 Å². The van der Waals surface area contributed by atoms with Gasteiger partial charge in [0.1, 0.15) is 5.82 Å². The molecule has 0 aliphatic carbocycles. The predicted molar refractivity (Wildman–Crippen MR) is 71.9 cm³/mol. The average molecular weight is 337 g/mol. The van der Waals surface area contributed by atoms with Crippen molar-refractivity contribution in [3.05, 3.63) is 12.0 Å². The summed E-state index contributed by atoms with van der Waals surface area (Å²) in [5.41, 5.74) is 0. The fourth-order valence-electron chi connectivity index (χ4n) is 2.21. The number of nitrogens with one attached hydrogen (secondary N) is 1. The van der Waals surface area contributed by atoms with Gasteiger partial charge in [-0.1, -0.05) is 0 Å². The van der Waals surface area contributed by atoms with Crippen molar-refractivity contribution in [3.63, 3.8) is 0 Å². The van der Waals surface area contributed by atoms with Gasteiger partial charge in [-0.25, -0.2) is 21.8 Å². The predicted octanol–water partition coefficient (Wildman–Crippen LogP) is -1.02. The molecule has 21 heavy (non-hydrogen) atoms. The molecular weight excluding hydrogens is 322 g/mol. The van der Waals surface area contributed by atoms with Crippen LogP contribution in [0.2, 0.25) is 0 Å². The van der Waals surface area contributed by atoms with Gasteiger partial charge in [0.15, 0.2) is 14.9 Å². The van der Waals surface area contributed by atoms with Crippen LogP contribution in [0.15, 0.2) is 11.2 Å². The van der Waals surface area contributed by atoms with Crippen molar-refractivity contribution in [3.8, 4) is 0 Å². The van der Waals surface area contributed by atoms with Gasteiger partial charge < -0.3 is 10.1 Å². The van der Waals surface area contributed by atoms with Gasteiger partial charge in [-0.15, -0.1) is 0 Å². The third kappa shape index (κ3) is 3.41. The van der Waals surface area contributed by atoms with Gasteiger partial charge in [-0.3, -0.25) is 4.79 Å². The molecule has 0 radical (unpaired) electrons. The first-order valence-electron chi connectivity index (χ1n) is 6.07. The molecule has 0 amide bonds. The lowest BCUT2D eigenvalue weighted by atomic mass is 10.2. The summed E-state index contributed by atoms with van der Waals surface area (Å²) in [7, 11) is -7.44. The molecule has 2 heterocycles. The second kappa shape index (κ2) is 5.39. The first-order valence-corrected chi connectivity index (χ1v) is 9.33. The zero-order chi connectivity index (χ0) is 15.8. The number of nitrogens with zero attached hydrogens (tertiary/aromatic N) is 2. The third-order valence-corrected chi connectivity index (χ3v) is 6.71. The molecule has 1 atom stereocenters. The zero-order valence-electron chi connectivity index (χ0n) is 11.2. The van der Waals surface area contributed by atoms with Crippen LogP contribution in [0.25, 0.3) is 0 Å². The van der Waals surface area contributed by atoms with E-state index in [9.17, 15) is 21.6 Å². The largest absolute Gasteiger partial charge is 0.481 e. The SMILES string of the molecule is Cc1ncc(S(=O)(=O)N2CCS(=O)(=O)CC2CC(=O)O)[nH]1. The zero-order valence-corrected chi connectivity index (χ0v) is 12.8.